The van der Waals surface area contributed by atoms with Crippen LogP contribution in [0.4, 0.5) is 0 Å². The van der Waals surface area contributed by atoms with Crippen molar-refractivity contribution in [3.63, 3.8) is 0 Å². The third-order valence-corrected chi connectivity index (χ3v) is 10.1. The molecule has 4 heterocycles. The predicted molar refractivity (Wildman–Crippen MR) is 144 cm³/mol. The van der Waals surface area contributed by atoms with Crippen molar-refractivity contribution in [3.8, 4) is 10.4 Å². The van der Waals surface area contributed by atoms with Gasteiger partial charge in [-0.05, 0) is 36.6 Å². The second-order valence-corrected chi connectivity index (χ2v) is 12.5. The minimum absolute atomic E-state index is 0.172. The fourth-order valence-electron chi connectivity index (χ4n) is 5.27. The van der Waals surface area contributed by atoms with E-state index in [0.717, 1.165) is 20.9 Å². The number of aromatic nitrogens is 1. The first-order chi connectivity index (χ1) is 18.7. The van der Waals surface area contributed by atoms with Gasteiger partial charge in [0.15, 0.2) is 12.0 Å². The Morgan fingerprint density at radius 1 is 1.13 bits per heavy atom. The van der Waals surface area contributed by atoms with Crippen LogP contribution < -0.4 is 10.0 Å². The molecule has 2 aromatic heterocycles. The third kappa shape index (κ3) is 5.07. The second kappa shape index (κ2) is 10.9. The first kappa shape index (κ1) is 27.0. The molecule has 12 heteroatoms. The number of fused-ring (bicyclic) bond motifs is 1. The lowest BCUT2D eigenvalue weighted by Crippen LogP contribution is -2.52. The number of benzene rings is 1. The molecule has 2 fully saturated rings. The zero-order valence-corrected chi connectivity index (χ0v) is 22.9. The van der Waals surface area contributed by atoms with Gasteiger partial charge in [-0.2, -0.15) is 9.04 Å². The van der Waals surface area contributed by atoms with Gasteiger partial charge in [-0.1, -0.05) is 43.7 Å². The number of carbonyl (C=O) groups excluding carboxylic acids is 3. The van der Waals surface area contributed by atoms with Crippen molar-refractivity contribution in [2.75, 3.05) is 13.1 Å². The number of hydrogen-bond donors (Lipinski definition) is 1. The zero-order valence-electron chi connectivity index (χ0n) is 21.2. The Balaban J connectivity index is 1.32. The van der Waals surface area contributed by atoms with Crippen LogP contribution in [0.2, 0.25) is 0 Å². The first-order valence-electron chi connectivity index (χ1n) is 12.7. The van der Waals surface area contributed by atoms with Gasteiger partial charge in [0.25, 0.3) is 5.91 Å². The Bertz CT molecular complexity index is 1510. The van der Waals surface area contributed by atoms with Gasteiger partial charge in [0.1, 0.15) is 12.1 Å². The summed E-state index contributed by atoms with van der Waals surface area (Å²) < 4.78 is 27.8. The number of rotatable bonds is 8. The average molecular weight is 569 g/mol. The molecule has 10 nitrogen and oxygen atoms in total. The molecule has 39 heavy (non-hydrogen) atoms. The quantitative estimate of drug-likeness (QED) is 0.328. The fourth-order valence-corrected chi connectivity index (χ4v) is 7.83. The molecule has 3 atom stereocenters. The molecule has 1 N–H and O–H groups in total. The molecule has 2 saturated heterocycles. The van der Waals surface area contributed by atoms with Gasteiger partial charge >= 0.3 is 15.0 Å². The number of carbonyl (C=O) groups is 3. The summed E-state index contributed by atoms with van der Waals surface area (Å²) in [4.78, 5) is 42.6. The van der Waals surface area contributed by atoms with E-state index < -0.39 is 51.4 Å². The molecule has 0 aliphatic carbocycles. The first-order valence-corrected chi connectivity index (χ1v) is 15.0. The molecule has 5 rings (SSSR count). The normalized spacial score (nSPS) is 20.1. The molecule has 0 radical (unpaired) electrons. The lowest BCUT2D eigenvalue weighted by atomic mass is 10.1. The summed E-state index contributed by atoms with van der Waals surface area (Å²) in [6.45, 7) is 1.65. The summed E-state index contributed by atoms with van der Waals surface area (Å²) in [6, 6.07) is 14.7. The molecule has 3 aromatic rings. The lowest BCUT2D eigenvalue weighted by Gasteiger charge is -2.28. The maximum Gasteiger partial charge on any atom is 0.323 e. The van der Waals surface area contributed by atoms with Crippen LogP contribution in [0.1, 0.15) is 35.9 Å². The van der Waals surface area contributed by atoms with E-state index in [4.69, 9.17) is 0 Å². The Labute approximate surface area is 230 Å². The Kier molecular flexibility index (Phi) is 7.52. The SMILES string of the molecule is CCCC(NC(=O)c1ccc(-c2ccccc2)s1)C(=O)N1CCC2C1C(=O)CN2S(=O)(=O)c1cccc[n+]1[O-]. The summed E-state index contributed by atoms with van der Waals surface area (Å²) in [6.07, 6.45) is 2.32. The summed E-state index contributed by atoms with van der Waals surface area (Å²) in [5.41, 5.74) is 0.989. The smallest absolute Gasteiger partial charge is 0.323 e. The number of Topliss-reactive ketones (excluding diaryl/α,β-unsaturated/α-hetero) is 1. The summed E-state index contributed by atoms with van der Waals surface area (Å²) >= 11 is 1.32. The standard InChI is InChI=1S/C27H28N4O6S2/c1-2-8-19(28-26(33)23-13-12-22(38-23)18-9-4-3-5-10-18)27(34)29-16-14-20-25(29)21(32)17-31(20)39(36,37)24-11-6-7-15-30(24)35/h3-7,9-13,15,19-20,25H,2,8,14,16-17H2,1H3,(H,28,33). The monoisotopic (exact) mass is 568 g/mol. The van der Waals surface area contributed by atoms with Crippen LogP contribution in [0.5, 0.6) is 0 Å². The van der Waals surface area contributed by atoms with Crippen LogP contribution in [-0.4, -0.2) is 66.4 Å². The highest BCUT2D eigenvalue weighted by atomic mass is 32.2. The van der Waals surface area contributed by atoms with E-state index in [-0.39, 0.29) is 23.6 Å². The summed E-state index contributed by atoms with van der Waals surface area (Å²) in [5.74, 6) is -1.20. The van der Waals surface area contributed by atoms with Gasteiger partial charge < -0.3 is 15.4 Å². The maximum absolute atomic E-state index is 13.6. The Morgan fingerprint density at radius 3 is 2.59 bits per heavy atom. The highest BCUT2D eigenvalue weighted by Gasteiger charge is 2.55. The number of sulfonamides is 1. The van der Waals surface area contributed by atoms with E-state index >= 15 is 0 Å². The number of likely N-dealkylation sites (tertiary alicyclic amines) is 1. The van der Waals surface area contributed by atoms with Crippen molar-refractivity contribution in [2.45, 2.75) is 49.3 Å². The number of ketones is 1. The van der Waals surface area contributed by atoms with E-state index in [2.05, 4.69) is 5.32 Å². The molecular formula is C27H28N4O6S2. The molecule has 2 aliphatic heterocycles. The molecular weight excluding hydrogens is 540 g/mol. The maximum atomic E-state index is 13.6. The number of nitrogens with zero attached hydrogens (tertiary/aromatic N) is 3. The van der Waals surface area contributed by atoms with Crippen LogP contribution in [0.25, 0.3) is 10.4 Å². The number of pyridine rings is 1. The molecule has 0 spiro atoms. The minimum Gasteiger partial charge on any atom is -0.618 e. The second-order valence-electron chi connectivity index (χ2n) is 9.56. The van der Waals surface area contributed by atoms with Crippen molar-refractivity contribution < 1.29 is 27.5 Å². The van der Waals surface area contributed by atoms with Gasteiger partial charge in [-0.3, -0.25) is 14.4 Å². The molecule has 2 aliphatic rings. The van der Waals surface area contributed by atoms with E-state index in [0.29, 0.717) is 17.7 Å². The minimum atomic E-state index is -4.26. The number of hydrogen-bond acceptors (Lipinski definition) is 7. The van der Waals surface area contributed by atoms with E-state index in [1.807, 2.05) is 43.3 Å². The van der Waals surface area contributed by atoms with Gasteiger partial charge in [-0.25, -0.2) is 8.42 Å². The highest BCUT2D eigenvalue weighted by molar-refractivity contribution is 7.89. The molecule has 1 aromatic carbocycles. The predicted octanol–water partition coefficient (Wildman–Crippen LogP) is 2.19. The van der Waals surface area contributed by atoms with Crippen molar-refractivity contribution in [2.24, 2.45) is 0 Å². The topological polar surface area (TPSA) is 131 Å². The molecule has 0 bridgehead atoms. The van der Waals surface area contributed by atoms with Crippen LogP contribution in [0.15, 0.2) is 71.9 Å². The number of thiophene rings is 1. The zero-order chi connectivity index (χ0) is 27.7. The van der Waals surface area contributed by atoms with Crippen molar-refractivity contribution in [3.05, 3.63) is 76.9 Å². The fraction of sp³-hybridized carbons (Fsp3) is 0.333. The van der Waals surface area contributed by atoms with Gasteiger partial charge in [-0.15, -0.1) is 11.3 Å². The summed E-state index contributed by atoms with van der Waals surface area (Å²) in [7, 11) is -4.26. The summed E-state index contributed by atoms with van der Waals surface area (Å²) in [5, 5.41) is 14.5. The number of amides is 2. The van der Waals surface area contributed by atoms with Gasteiger partial charge in [0.05, 0.1) is 17.5 Å². The van der Waals surface area contributed by atoms with Crippen LogP contribution in [0.3, 0.4) is 0 Å². The third-order valence-electron chi connectivity index (χ3n) is 7.09. The largest absolute Gasteiger partial charge is 0.618 e. The lowest BCUT2D eigenvalue weighted by molar-refractivity contribution is -0.646. The van der Waals surface area contributed by atoms with Crippen LogP contribution in [-0.2, 0) is 19.6 Å². The molecule has 0 saturated carbocycles. The van der Waals surface area contributed by atoms with Gasteiger partial charge in [0.2, 0.25) is 5.91 Å². The van der Waals surface area contributed by atoms with Crippen molar-refractivity contribution in [1.29, 1.82) is 0 Å². The van der Waals surface area contributed by atoms with Gasteiger partial charge in [0, 0.05) is 23.6 Å². The Hall–Kier alpha value is -3.61. The van der Waals surface area contributed by atoms with Crippen molar-refractivity contribution in [1.82, 2.24) is 14.5 Å². The van der Waals surface area contributed by atoms with E-state index in [1.165, 1.54) is 34.4 Å². The molecule has 2 amide bonds. The van der Waals surface area contributed by atoms with Crippen LogP contribution >= 0.6 is 11.3 Å². The Morgan fingerprint density at radius 2 is 1.87 bits per heavy atom. The van der Waals surface area contributed by atoms with Crippen LogP contribution in [0, 0.1) is 5.21 Å². The average Bonchev–Trinajstić information content (AvgIpc) is 3.66. The van der Waals surface area contributed by atoms with E-state index in [9.17, 15) is 28.0 Å². The highest BCUT2D eigenvalue weighted by Crippen LogP contribution is 2.34. The number of nitrogens with one attached hydrogen (secondary N) is 1. The molecule has 204 valence electrons. The van der Waals surface area contributed by atoms with E-state index in [1.54, 1.807) is 6.07 Å². The van der Waals surface area contributed by atoms with Crippen molar-refractivity contribution >= 4 is 39.0 Å². The molecule has 3 unspecified atom stereocenters.